The number of nitrogens with zero attached hydrogens (tertiary/aromatic N) is 6. The number of fused-ring (bicyclic) bond motifs is 1. The molecule has 1 aliphatic heterocycles. The number of nitrogens with one attached hydrogen (secondary N) is 1. The van der Waals surface area contributed by atoms with Gasteiger partial charge in [0.25, 0.3) is 0 Å². The molecule has 37 heavy (non-hydrogen) atoms. The molecule has 6 rings (SSSR count). The van der Waals surface area contributed by atoms with Gasteiger partial charge in [-0.25, -0.2) is 23.9 Å². The first-order valence-electron chi connectivity index (χ1n) is 12.1. The second kappa shape index (κ2) is 9.62. The fourth-order valence-corrected chi connectivity index (χ4v) is 4.78. The first kappa shape index (κ1) is 23.1. The van der Waals surface area contributed by atoms with Gasteiger partial charge in [0.15, 0.2) is 11.4 Å². The van der Waals surface area contributed by atoms with Crippen molar-refractivity contribution >= 4 is 11.4 Å². The zero-order valence-corrected chi connectivity index (χ0v) is 19.8. The van der Waals surface area contributed by atoms with Crippen molar-refractivity contribution < 1.29 is 13.6 Å². The number of piperidine rings is 1. The van der Waals surface area contributed by atoms with E-state index < -0.39 is 5.95 Å². The molecule has 10 heteroatoms. The van der Waals surface area contributed by atoms with Crippen LogP contribution in [0.4, 0.5) is 8.78 Å². The van der Waals surface area contributed by atoms with Crippen molar-refractivity contribution in [1.82, 2.24) is 34.4 Å². The molecule has 4 aromatic heterocycles. The molecule has 0 unspecified atom stereocenters. The number of hydrogen-bond donors (Lipinski definition) is 1. The van der Waals surface area contributed by atoms with E-state index in [1.165, 1.54) is 24.4 Å². The van der Waals surface area contributed by atoms with E-state index in [1.807, 2.05) is 18.5 Å². The van der Waals surface area contributed by atoms with Gasteiger partial charge >= 0.3 is 0 Å². The third-order valence-electron chi connectivity index (χ3n) is 6.62. The molecule has 1 aliphatic rings. The molecule has 1 saturated heterocycles. The summed E-state index contributed by atoms with van der Waals surface area (Å²) in [5, 5.41) is 8.20. The Hall–Kier alpha value is -4.31. The Kier molecular flexibility index (Phi) is 6.01. The van der Waals surface area contributed by atoms with Gasteiger partial charge in [0, 0.05) is 29.4 Å². The average Bonchev–Trinajstić information content (AvgIpc) is 3.53. The van der Waals surface area contributed by atoms with Crippen LogP contribution in [0.3, 0.4) is 0 Å². The van der Waals surface area contributed by atoms with E-state index in [2.05, 4.69) is 19.9 Å². The number of Topliss-reactive ketones (excluding diaryl/α,β-unsaturated/α-hetero) is 1. The molecule has 1 fully saturated rings. The number of benzene rings is 1. The van der Waals surface area contributed by atoms with Crippen LogP contribution in [0.5, 0.6) is 0 Å². The molecule has 1 N–H and O–H groups in total. The normalized spacial score (nSPS) is 14.3. The molecule has 0 bridgehead atoms. The van der Waals surface area contributed by atoms with Gasteiger partial charge in [-0.3, -0.25) is 4.79 Å². The Morgan fingerprint density at radius 3 is 2.62 bits per heavy atom. The highest BCUT2D eigenvalue weighted by atomic mass is 19.1. The monoisotopic (exact) mass is 499 g/mol. The second-order valence-corrected chi connectivity index (χ2v) is 9.06. The van der Waals surface area contributed by atoms with E-state index in [1.54, 1.807) is 22.8 Å². The van der Waals surface area contributed by atoms with Gasteiger partial charge in [-0.1, -0.05) is 0 Å². The van der Waals surface area contributed by atoms with Crippen LogP contribution in [-0.4, -0.2) is 48.0 Å². The highest BCUT2D eigenvalue weighted by molar-refractivity contribution is 5.97. The van der Waals surface area contributed by atoms with E-state index in [4.69, 9.17) is 10.1 Å². The lowest BCUT2D eigenvalue weighted by Gasteiger charge is -2.25. The van der Waals surface area contributed by atoms with Crippen LogP contribution in [0.25, 0.3) is 28.3 Å². The van der Waals surface area contributed by atoms with Crippen molar-refractivity contribution in [3.05, 3.63) is 90.3 Å². The standard InChI is InChI=1S/C27H23F2N7O/c28-19-3-1-17(2-4-19)26-27(35(16-32-26)21-8-10-30-11-9-21)22-5-6-25-33-20(15-36(25)34-22)14-23(37)18-7-12-31-24(29)13-18/h1-7,12-13,15-16,21,30H,8-11,14H2. The van der Waals surface area contributed by atoms with Crippen molar-refractivity contribution in [3.63, 3.8) is 0 Å². The second-order valence-electron chi connectivity index (χ2n) is 9.06. The maximum atomic E-state index is 13.6. The maximum absolute atomic E-state index is 13.6. The Balaban J connectivity index is 1.38. The van der Waals surface area contributed by atoms with E-state index in [0.29, 0.717) is 17.0 Å². The predicted octanol–water partition coefficient (Wildman–Crippen LogP) is 4.28. The molecule has 1 aromatic carbocycles. The molecule has 0 radical (unpaired) electrons. The lowest BCUT2D eigenvalue weighted by atomic mass is 10.0. The highest BCUT2D eigenvalue weighted by Crippen LogP contribution is 2.34. The Morgan fingerprint density at radius 1 is 1.03 bits per heavy atom. The van der Waals surface area contributed by atoms with Gasteiger partial charge in [-0.2, -0.15) is 9.49 Å². The van der Waals surface area contributed by atoms with Crippen LogP contribution in [0.15, 0.2) is 67.3 Å². The van der Waals surface area contributed by atoms with Gasteiger partial charge in [0.2, 0.25) is 5.95 Å². The minimum absolute atomic E-state index is 0.00990. The van der Waals surface area contributed by atoms with Gasteiger partial charge in [-0.15, -0.1) is 0 Å². The van der Waals surface area contributed by atoms with Crippen LogP contribution in [-0.2, 0) is 6.42 Å². The number of carbonyl (C=O) groups is 1. The summed E-state index contributed by atoms with van der Waals surface area (Å²) in [6.07, 6.45) is 6.74. The molecule has 0 saturated carbocycles. The molecule has 5 heterocycles. The van der Waals surface area contributed by atoms with Gasteiger partial charge in [0.05, 0.1) is 36.0 Å². The summed E-state index contributed by atoms with van der Waals surface area (Å²) in [5.41, 5.74) is 4.41. The first-order chi connectivity index (χ1) is 18.0. The first-order valence-corrected chi connectivity index (χ1v) is 12.1. The van der Waals surface area contributed by atoms with Crippen molar-refractivity contribution in [3.8, 4) is 22.6 Å². The third-order valence-corrected chi connectivity index (χ3v) is 6.62. The minimum atomic E-state index is -0.700. The smallest absolute Gasteiger partial charge is 0.213 e. The van der Waals surface area contributed by atoms with Crippen LogP contribution in [0.2, 0.25) is 0 Å². The number of halogens is 2. The summed E-state index contributed by atoms with van der Waals surface area (Å²) < 4.78 is 30.8. The Bertz CT molecular complexity index is 1590. The number of carbonyl (C=O) groups excluding carboxylic acids is 1. The topological polar surface area (TPSA) is 90.0 Å². The van der Waals surface area contributed by atoms with Crippen LogP contribution in [0, 0.1) is 11.8 Å². The quantitative estimate of drug-likeness (QED) is 0.277. The third kappa shape index (κ3) is 4.63. The van der Waals surface area contributed by atoms with Crippen molar-refractivity contribution in [1.29, 1.82) is 0 Å². The molecule has 186 valence electrons. The van der Waals surface area contributed by atoms with Gasteiger partial charge in [-0.05, 0) is 68.4 Å². The summed E-state index contributed by atoms with van der Waals surface area (Å²) in [5.74, 6) is -1.26. The van der Waals surface area contributed by atoms with Crippen molar-refractivity contribution in [2.45, 2.75) is 25.3 Å². The predicted molar refractivity (Wildman–Crippen MR) is 133 cm³/mol. The minimum Gasteiger partial charge on any atom is -0.326 e. The average molecular weight is 500 g/mol. The van der Waals surface area contributed by atoms with Gasteiger partial charge in [0.1, 0.15) is 11.5 Å². The van der Waals surface area contributed by atoms with Crippen LogP contribution < -0.4 is 5.32 Å². The van der Waals surface area contributed by atoms with E-state index in [0.717, 1.165) is 48.9 Å². The Labute approximate surface area is 211 Å². The van der Waals surface area contributed by atoms with Crippen LogP contribution in [0.1, 0.15) is 34.9 Å². The SMILES string of the molecule is O=C(Cc1cn2nc(-c3c(-c4ccc(F)cc4)ncn3C3CCNCC3)ccc2n1)c1ccnc(F)c1. The molecule has 0 amide bonds. The molecule has 0 aliphatic carbocycles. The lowest BCUT2D eigenvalue weighted by molar-refractivity contribution is 0.0991. The van der Waals surface area contributed by atoms with Gasteiger partial charge < -0.3 is 9.88 Å². The highest BCUT2D eigenvalue weighted by Gasteiger charge is 2.24. The molecule has 5 aromatic rings. The van der Waals surface area contributed by atoms with Crippen molar-refractivity contribution in [2.75, 3.05) is 13.1 Å². The fourth-order valence-electron chi connectivity index (χ4n) is 4.78. The van der Waals surface area contributed by atoms with Crippen molar-refractivity contribution in [2.24, 2.45) is 0 Å². The maximum Gasteiger partial charge on any atom is 0.213 e. The summed E-state index contributed by atoms with van der Waals surface area (Å²) in [4.78, 5) is 25.4. The van der Waals surface area contributed by atoms with E-state index in [-0.39, 0.29) is 29.6 Å². The summed E-state index contributed by atoms with van der Waals surface area (Å²) >= 11 is 0. The number of rotatable bonds is 6. The number of ketones is 1. The number of pyridine rings is 1. The fraction of sp³-hybridized carbons (Fsp3) is 0.222. The summed E-state index contributed by atoms with van der Waals surface area (Å²) in [6.45, 7) is 1.84. The molecule has 8 nitrogen and oxygen atoms in total. The molecular weight excluding hydrogens is 476 g/mol. The molecular formula is C27H23F2N7O. The van der Waals surface area contributed by atoms with Crippen LogP contribution >= 0.6 is 0 Å². The van der Waals surface area contributed by atoms with E-state index in [9.17, 15) is 13.6 Å². The molecule has 0 atom stereocenters. The zero-order chi connectivity index (χ0) is 25.4. The largest absolute Gasteiger partial charge is 0.326 e. The lowest BCUT2D eigenvalue weighted by Crippen LogP contribution is -2.29. The number of imidazole rings is 2. The summed E-state index contributed by atoms with van der Waals surface area (Å²) in [7, 11) is 0. The zero-order valence-electron chi connectivity index (χ0n) is 19.8. The van der Waals surface area contributed by atoms with E-state index >= 15 is 0 Å². The number of aromatic nitrogens is 6. The summed E-state index contributed by atoms with van der Waals surface area (Å²) in [6, 6.07) is 12.9. The number of hydrogen-bond acceptors (Lipinski definition) is 6. The molecule has 0 spiro atoms. The Morgan fingerprint density at radius 2 is 1.84 bits per heavy atom.